The van der Waals surface area contributed by atoms with Crippen LogP contribution >= 0.6 is 11.8 Å². The molecule has 148 valence electrons. The van der Waals surface area contributed by atoms with E-state index in [2.05, 4.69) is 51.9 Å². The number of hydrogen-bond acceptors (Lipinski definition) is 4. The van der Waals surface area contributed by atoms with E-state index in [4.69, 9.17) is 0 Å². The summed E-state index contributed by atoms with van der Waals surface area (Å²) >= 11 is 1.37. The average Bonchev–Trinajstić information content (AvgIpc) is 3.37. The maximum Gasteiger partial charge on any atom is 0.234 e. The predicted octanol–water partition coefficient (Wildman–Crippen LogP) is 4.88. The summed E-state index contributed by atoms with van der Waals surface area (Å²) in [7, 11) is 0. The highest BCUT2D eigenvalue weighted by molar-refractivity contribution is 7.99. The summed E-state index contributed by atoms with van der Waals surface area (Å²) in [6.45, 7) is 2.05. The molecule has 1 aliphatic carbocycles. The van der Waals surface area contributed by atoms with Crippen molar-refractivity contribution in [1.82, 2.24) is 14.8 Å². The first-order valence-corrected chi connectivity index (χ1v) is 10.8. The maximum atomic E-state index is 12.5. The number of aryl methyl sites for hydroxylation is 1. The number of nitrogens with zero attached hydrogens (tertiary/aromatic N) is 3. The molecule has 0 unspecified atom stereocenters. The van der Waals surface area contributed by atoms with Gasteiger partial charge in [-0.25, -0.2) is 0 Å². The number of amides is 1. The third-order valence-corrected chi connectivity index (χ3v) is 6.18. The largest absolute Gasteiger partial charge is 0.325 e. The molecular formula is C24H20N4OS. The second-order valence-corrected chi connectivity index (χ2v) is 8.30. The summed E-state index contributed by atoms with van der Waals surface area (Å²) in [5.41, 5.74) is 8.12. The summed E-state index contributed by atoms with van der Waals surface area (Å²) in [4.78, 5) is 12.5. The Hall–Kier alpha value is -3.38. The van der Waals surface area contributed by atoms with Gasteiger partial charge in [0.2, 0.25) is 5.91 Å². The smallest absolute Gasteiger partial charge is 0.234 e. The fourth-order valence-corrected chi connectivity index (χ4v) is 4.48. The second-order valence-electron chi connectivity index (χ2n) is 7.36. The third kappa shape index (κ3) is 3.62. The number of anilines is 1. The Labute approximate surface area is 179 Å². The molecule has 5 rings (SSSR count). The van der Waals surface area contributed by atoms with Gasteiger partial charge in [-0.15, -0.1) is 10.2 Å². The molecule has 0 spiro atoms. The molecule has 1 N–H and O–H groups in total. The topological polar surface area (TPSA) is 59.8 Å². The van der Waals surface area contributed by atoms with Gasteiger partial charge in [0.25, 0.3) is 0 Å². The van der Waals surface area contributed by atoms with Gasteiger partial charge in [-0.3, -0.25) is 9.36 Å². The van der Waals surface area contributed by atoms with Crippen LogP contribution in [0.5, 0.6) is 0 Å². The predicted molar refractivity (Wildman–Crippen MR) is 120 cm³/mol. The molecule has 0 radical (unpaired) electrons. The molecular weight excluding hydrogens is 392 g/mol. The molecule has 1 heterocycles. The average molecular weight is 413 g/mol. The number of aromatic nitrogens is 3. The number of nitrogens with one attached hydrogen (secondary N) is 1. The molecule has 5 nitrogen and oxygen atoms in total. The van der Waals surface area contributed by atoms with Gasteiger partial charge in [-0.2, -0.15) is 0 Å². The van der Waals surface area contributed by atoms with Crippen molar-refractivity contribution in [2.45, 2.75) is 18.5 Å². The first-order chi connectivity index (χ1) is 14.7. The lowest BCUT2D eigenvalue weighted by Gasteiger charge is -2.09. The lowest BCUT2D eigenvalue weighted by atomic mass is 10.1. The zero-order chi connectivity index (χ0) is 20.5. The van der Waals surface area contributed by atoms with Crippen molar-refractivity contribution >= 4 is 23.4 Å². The van der Waals surface area contributed by atoms with Crippen LogP contribution < -0.4 is 5.32 Å². The quantitative estimate of drug-likeness (QED) is 0.418. The van der Waals surface area contributed by atoms with Crippen LogP contribution in [0, 0.1) is 6.92 Å². The van der Waals surface area contributed by atoms with Gasteiger partial charge in [-0.05, 0) is 59.9 Å². The van der Waals surface area contributed by atoms with Crippen molar-refractivity contribution in [1.29, 1.82) is 0 Å². The second kappa shape index (κ2) is 7.80. The van der Waals surface area contributed by atoms with E-state index in [9.17, 15) is 4.79 Å². The van der Waals surface area contributed by atoms with Crippen LogP contribution in [0.15, 0.2) is 78.2 Å². The minimum atomic E-state index is -0.0612. The van der Waals surface area contributed by atoms with Crippen molar-refractivity contribution < 1.29 is 4.79 Å². The Bertz CT molecular complexity index is 1230. The molecule has 4 aromatic rings. The highest BCUT2D eigenvalue weighted by Crippen LogP contribution is 2.37. The third-order valence-electron chi connectivity index (χ3n) is 5.24. The molecule has 30 heavy (non-hydrogen) atoms. The van der Waals surface area contributed by atoms with Crippen LogP contribution in [-0.2, 0) is 11.2 Å². The summed E-state index contributed by atoms with van der Waals surface area (Å²) in [5, 5.41) is 11.9. The zero-order valence-electron chi connectivity index (χ0n) is 16.5. The summed E-state index contributed by atoms with van der Waals surface area (Å²) in [6, 6.07) is 22.7. The zero-order valence-corrected chi connectivity index (χ0v) is 17.3. The minimum Gasteiger partial charge on any atom is -0.325 e. The molecule has 0 saturated carbocycles. The Balaban J connectivity index is 1.25. The number of carbonyl (C=O) groups is 1. The number of hydrogen-bond donors (Lipinski definition) is 1. The Morgan fingerprint density at radius 3 is 2.70 bits per heavy atom. The van der Waals surface area contributed by atoms with Gasteiger partial charge >= 0.3 is 0 Å². The summed E-state index contributed by atoms with van der Waals surface area (Å²) < 4.78 is 1.89. The van der Waals surface area contributed by atoms with Gasteiger partial charge in [0, 0.05) is 11.4 Å². The molecule has 1 aromatic heterocycles. The van der Waals surface area contributed by atoms with Gasteiger partial charge < -0.3 is 5.32 Å². The van der Waals surface area contributed by atoms with E-state index in [1.165, 1.54) is 39.6 Å². The molecule has 0 atom stereocenters. The van der Waals surface area contributed by atoms with Crippen LogP contribution in [0.3, 0.4) is 0 Å². The standard InChI is InChI=1S/C24H20N4OS/c1-16-6-9-20(10-7-16)28-15-25-27-24(28)30-14-23(29)26-19-8-11-22-18(13-19)12-17-4-2-3-5-21(17)22/h2-11,13,15H,12,14H2,1H3,(H,26,29). The number of fused-ring (bicyclic) bond motifs is 3. The van der Waals surface area contributed by atoms with E-state index in [1.807, 2.05) is 41.8 Å². The monoisotopic (exact) mass is 412 g/mol. The molecule has 1 aliphatic rings. The molecule has 0 saturated heterocycles. The Morgan fingerprint density at radius 2 is 1.83 bits per heavy atom. The van der Waals surface area contributed by atoms with Crippen LogP contribution in [0.2, 0.25) is 0 Å². The first-order valence-electron chi connectivity index (χ1n) is 9.78. The number of thioether (sulfide) groups is 1. The number of carbonyl (C=O) groups excluding carboxylic acids is 1. The Kier molecular flexibility index (Phi) is 4.85. The molecule has 0 bridgehead atoms. The van der Waals surface area contributed by atoms with E-state index in [1.54, 1.807) is 6.33 Å². The minimum absolute atomic E-state index is 0.0612. The lowest BCUT2D eigenvalue weighted by molar-refractivity contribution is -0.113. The van der Waals surface area contributed by atoms with Gasteiger partial charge in [0.05, 0.1) is 5.75 Å². The van der Waals surface area contributed by atoms with Crippen molar-refractivity contribution in [3.05, 3.63) is 89.7 Å². The Morgan fingerprint density at radius 1 is 1.03 bits per heavy atom. The van der Waals surface area contributed by atoms with E-state index in [0.29, 0.717) is 5.16 Å². The number of rotatable bonds is 5. The van der Waals surface area contributed by atoms with Crippen molar-refractivity contribution in [2.24, 2.45) is 0 Å². The van der Waals surface area contributed by atoms with Crippen LogP contribution in [0.25, 0.3) is 16.8 Å². The lowest BCUT2D eigenvalue weighted by Crippen LogP contribution is -2.14. The fraction of sp³-hybridized carbons (Fsp3) is 0.125. The number of benzene rings is 3. The highest BCUT2D eigenvalue weighted by atomic mass is 32.2. The van der Waals surface area contributed by atoms with Gasteiger partial charge in [0.1, 0.15) is 6.33 Å². The van der Waals surface area contributed by atoms with E-state index < -0.39 is 0 Å². The van der Waals surface area contributed by atoms with Crippen LogP contribution in [0.1, 0.15) is 16.7 Å². The molecule has 0 aliphatic heterocycles. The van der Waals surface area contributed by atoms with Crippen LogP contribution in [0.4, 0.5) is 5.69 Å². The van der Waals surface area contributed by atoms with E-state index >= 15 is 0 Å². The van der Waals surface area contributed by atoms with Gasteiger partial charge in [0.15, 0.2) is 5.16 Å². The molecule has 3 aromatic carbocycles. The molecule has 6 heteroatoms. The first kappa shape index (κ1) is 18.6. The maximum absolute atomic E-state index is 12.5. The normalized spacial score (nSPS) is 11.8. The fourth-order valence-electron chi connectivity index (χ4n) is 3.76. The van der Waals surface area contributed by atoms with Gasteiger partial charge in [-0.1, -0.05) is 59.8 Å². The molecule has 0 fully saturated rings. The highest BCUT2D eigenvalue weighted by Gasteiger charge is 2.18. The van der Waals surface area contributed by atoms with E-state index in [-0.39, 0.29) is 11.7 Å². The SMILES string of the molecule is Cc1ccc(-n2cnnc2SCC(=O)Nc2ccc3c(c2)Cc2ccccc2-3)cc1. The van der Waals surface area contributed by atoms with Crippen LogP contribution in [-0.4, -0.2) is 26.4 Å². The van der Waals surface area contributed by atoms with Crippen molar-refractivity contribution in [3.8, 4) is 16.8 Å². The van der Waals surface area contributed by atoms with Crippen molar-refractivity contribution in [3.63, 3.8) is 0 Å². The summed E-state index contributed by atoms with van der Waals surface area (Å²) in [5.74, 6) is 0.205. The molecule has 1 amide bonds. The van der Waals surface area contributed by atoms with E-state index in [0.717, 1.165) is 17.8 Å². The van der Waals surface area contributed by atoms with Crippen molar-refractivity contribution in [2.75, 3.05) is 11.1 Å². The summed E-state index contributed by atoms with van der Waals surface area (Å²) in [6.07, 6.45) is 2.58.